The maximum absolute atomic E-state index is 4.89. The van der Waals surface area contributed by atoms with Gasteiger partial charge < -0.3 is 0 Å². The van der Waals surface area contributed by atoms with Gasteiger partial charge in [-0.1, -0.05) is 0 Å². The molecule has 0 atom stereocenters. The Morgan fingerprint density at radius 1 is 1.57 bits per heavy atom. The van der Waals surface area contributed by atoms with E-state index in [1.54, 1.807) is 6.26 Å². The molecule has 0 aliphatic carbocycles. The molecule has 1 rings (SSSR count). The molecule has 35 valence electrons. The molecule has 0 unspecified atom stereocenters. The molecule has 1 aromatic rings. The molecule has 0 fully saturated rings. The SMILES string of the molecule is Cl.[Zn][c]1ccco1. The van der Waals surface area contributed by atoms with Crippen LogP contribution in [0, 0.1) is 0 Å². The third-order valence-electron chi connectivity index (χ3n) is 0.580. The van der Waals surface area contributed by atoms with Gasteiger partial charge in [0.15, 0.2) is 0 Å². The van der Waals surface area contributed by atoms with E-state index in [-0.39, 0.29) is 12.4 Å². The second kappa shape index (κ2) is 3.23. The van der Waals surface area contributed by atoms with Crippen LogP contribution < -0.4 is 4.35 Å². The third-order valence-corrected chi connectivity index (χ3v) is 1.42. The van der Waals surface area contributed by atoms with Crippen molar-refractivity contribution in [1.29, 1.82) is 0 Å². The Bertz CT molecular complexity index is 115. The van der Waals surface area contributed by atoms with Crippen LogP contribution >= 0.6 is 12.4 Å². The van der Waals surface area contributed by atoms with Gasteiger partial charge in [-0.2, -0.15) is 0 Å². The first kappa shape index (κ1) is 7.19. The molecule has 1 nitrogen and oxygen atoms in total. The van der Waals surface area contributed by atoms with Crippen LogP contribution in [-0.4, -0.2) is 0 Å². The summed E-state index contributed by atoms with van der Waals surface area (Å²) in [5.41, 5.74) is 0. The molecule has 0 saturated heterocycles. The van der Waals surface area contributed by atoms with E-state index in [0.717, 1.165) is 22.7 Å². The van der Waals surface area contributed by atoms with Gasteiger partial charge in [-0.25, -0.2) is 0 Å². The van der Waals surface area contributed by atoms with Gasteiger partial charge in [-0.3, -0.25) is 0 Å². The molecular formula is C4H4ClOZn. The summed E-state index contributed by atoms with van der Waals surface area (Å²) in [6, 6.07) is 3.87. The summed E-state index contributed by atoms with van der Waals surface area (Å²) in [4.78, 5) is 0. The first-order valence-corrected chi connectivity index (χ1v) is 3.23. The number of halogens is 1. The molecule has 1 heterocycles. The van der Waals surface area contributed by atoms with Crippen LogP contribution in [0.2, 0.25) is 0 Å². The summed E-state index contributed by atoms with van der Waals surface area (Å²) in [7, 11) is 0. The van der Waals surface area contributed by atoms with Crippen molar-refractivity contribution in [2.24, 2.45) is 0 Å². The van der Waals surface area contributed by atoms with E-state index >= 15 is 0 Å². The van der Waals surface area contributed by atoms with E-state index in [0.29, 0.717) is 0 Å². The van der Waals surface area contributed by atoms with E-state index in [1.807, 2.05) is 12.1 Å². The summed E-state index contributed by atoms with van der Waals surface area (Å²) < 4.78 is 5.98. The predicted octanol–water partition coefficient (Wildman–Crippen LogP) is 0.874. The minimum absolute atomic E-state index is 0. The molecular weight excluding hydrogens is 165 g/mol. The fourth-order valence-corrected chi connectivity index (χ4v) is 0.800. The maximum atomic E-state index is 4.89. The van der Waals surface area contributed by atoms with Crippen molar-refractivity contribution < 1.29 is 22.7 Å². The summed E-state index contributed by atoms with van der Waals surface area (Å²) >= 11 is 1.12. The molecule has 0 amide bonds. The van der Waals surface area contributed by atoms with Crippen molar-refractivity contribution in [3.8, 4) is 0 Å². The predicted molar refractivity (Wildman–Crippen MR) is 25.6 cm³/mol. The molecule has 0 saturated carbocycles. The molecule has 0 bridgehead atoms. The fourth-order valence-electron chi connectivity index (χ4n) is 0.313. The van der Waals surface area contributed by atoms with Gasteiger partial charge in [0.05, 0.1) is 0 Å². The third kappa shape index (κ3) is 2.10. The zero-order valence-electron chi connectivity index (χ0n) is 3.76. The first-order chi connectivity index (χ1) is 2.89. The second-order valence-corrected chi connectivity index (χ2v) is 2.54. The molecule has 1 aromatic heterocycles. The Balaban J connectivity index is 0.000000360. The van der Waals surface area contributed by atoms with Crippen LogP contribution in [0.1, 0.15) is 0 Å². The van der Waals surface area contributed by atoms with Crippen LogP contribution in [0.5, 0.6) is 0 Å². The van der Waals surface area contributed by atoms with Crippen LogP contribution in [-0.2, 0) is 18.3 Å². The molecule has 3 heteroatoms. The number of rotatable bonds is 0. The van der Waals surface area contributed by atoms with Gasteiger partial charge in [0, 0.05) is 0 Å². The molecule has 0 aromatic carbocycles. The Morgan fingerprint density at radius 3 is 2.43 bits per heavy atom. The molecule has 7 heavy (non-hydrogen) atoms. The standard InChI is InChI=1S/C4H3O.ClH.Zn/c1-2-4-5-3-1;;/h1-3H;1H;. The zero-order chi connectivity index (χ0) is 4.41. The van der Waals surface area contributed by atoms with Crippen molar-refractivity contribution in [1.82, 2.24) is 0 Å². The van der Waals surface area contributed by atoms with Gasteiger partial charge >= 0.3 is 45.5 Å². The number of hydrogen-bond acceptors (Lipinski definition) is 1. The summed E-state index contributed by atoms with van der Waals surface area (Å²) in [5.74, 6) is 0. The number of furan rings is 1. The Kier molecular flexibility index (Phi) is 3.32. The molecule has 0 aliphatic heterocycles. The summed E-state index contributed by atoms with van der Waals surface area (Å²) in [5, 5.41) is 0. The molecule has 0 aliphatic rings. The van der Waals surface area contributed by atoms with Crippen molar-refractivity contribution in [2.45, 2.75) is 0 Å². The van der Waals surface area contributed by atoms with Gasteiger partial charge in [0.1, 0.15) is 0 Å². The van der Waals surface area contributed by atoms with Crippen molar-refractivity contribution in [2.75, 3.05) is 0 Å². The fraction of sp³-hybridized carbons (Fsp3) is 0. The zero-order valence-corrected chi connectivity index (χ0v) is 7.54. The Morgan fingerprint density at radius 2 is 2.29 bits per heavy atom. The van der Waals surface area contributed by atoms with Crippen molar-refractivity contribution in [3.05, 3.63) is 18.4 Å². The minimum atomic E-state index is 0. The van der Waals surface area contributed by atoms with Gasteiger partial charge in [0.25, 0.3) is 0 Å². The topological polar surface area (TPSA) is 13.1 Å². The molecule has 0 N–H and O–H groups in total. The summed E-state index contributed by atoms with van der Waals surface area (Å²) in [6.45, 7) is 0. The molecule has 0 radical (unpaired) electrons. The normalized spacial score (nSPS) is 7.71. The first-order valence-electron chi connectivity index (χ1n) is 1.75. The van der Waals surface area contributed by atoms with E-state index in [1.165, 1.54) is 0 Å². The van der Waals surface area contributed by atoms with Crippen molar-refractivity contribution >= 4 is 16.8 Å². The van der Waals surface area contributed by atoms with Crippen molar-refractivity contribution in [3.63, 3.8) is 0 Å². The van der Waals surface area contributed by atoms with Gasteiger partial charge in [-0.05, 0) is 0 Å². The Hall–Kier alpha value is 0.193. The van der Waals surface area contributed by atoms with E-state index in [2.05, 4.69) is 0 Å². The monoisotopic (exact) mass is 167 g/mol. The van der Waals surface area contributed by atoms with Crippen LogP contribution in [0.3, 0.4) is 0 Å². The number of hydrogen-bond donors (Lipinski definition) is 0. The van der Waals surface area contributed by atoms with Crippen LogP contribution in [0.25, 0.3) is 0 Å². The average Bonchev–Trinajstić information content (AvgIpc) is 1.86. The van der Waals surface area contributed by atoms with Crippen LogP contribution in [0.4, 0.5) is 0 Å². The Labute approximate surface area is 58.2 Å². The van der Waals surface area contributed by atoms with E-state index in [4.69, 9.17) is 4.42 Å². The quantitative estimate of drug-likeness (QED) is 0.525. The van der Waals surface area contributed by atoms with Gasteiger partial charge in [0.2, 0.25) is 0 Å². The summed E-state index contributed by atoms with van der Waals surface area (Å²) in [6.07, 6.45) is 1.69. The average molecular weight is 169 g/mol. The molecule has 0 spiro atoms. The second-order valence-electron chi connectivity index (χ2n) is 1.08. The van der Waals surface area contributed by atoms with Gasteiger partial charge in [-0.15, -0.1) is 12.4 Å². The van der Waals surface area contributed by atoms with E-state index in [9.17, 15) is 0 Å². The van der Waals surface area contributed by atoms with E-state index < -0.39 is 0 Å². The van der Waals surface area contributed by atoms with Crippen LogP contribution in [0.15, 0.2) is 22.8 Å².